The van der Waals surface area contributed by atoms with Gasteiger partial charge in [0.2, 0.25) is 35.4 Å². The summed E-state index contributed by atoms with van der Waals surface area (Å²) in [5.41, 5.74) is 0. The molecule has 0 spiro atoms. The van der Waals surface area contributed by atoms with Gasteiger partial charge in [0.15, 0.2) is 0 Å². The average molecular weight is 563 g/mol. The van der Waals surface area contributed by atoms with Crippen LogP contribution in [0.4, 0.5) is 0 Å². The minimum Gasteiger partial charge on any atom is -0.343 e. The van der Waals surface area contributed by atoms with Crippen LogP contribution in [0.25, 0.3) is 0 Å². The van der Waals surface area contributed by atoms with Crippen molar-refractivity contribution >= 4 is 35.4 Å². The smallest absolute Gasteiger partial charge is 0.245 e. The molecule has 12 nitrogen and oxygen atoms in total. The van der Waals surface area contributed by atoms with Gasteiger partial charge in [-0.1, -0.05) is 27.7 Å². The quantitative estimate of drug-likeness (QED) is 0.379. The van der Waals surface area contributed by atoms with Gasteiger partial charge < -0.3 is 31.1 Å². The molecule has 0 aromatic rings. The monoisotopic (exact) mass is 562 g/mol. The molecule has 0 aliphatic carbocycles. The molecule has 3 aliphatic heterocycles. The summed E-state index contributed by atoms with van der Waals surface area (Å²) in [6.45, 7) is 11.5. The Morgan fingerprint density at radius 2 is 0.950 bits per heavy atom. The van der Waals surface area contributed by atoms with E-state index in [-0.39, 0.29) is 11.8 Å². The maximum Gasteiger partial charge on any atom is 0.245 e. The largest absolute Gasteiger partial charge is 0.343 e. The predicted octanol–water partition coefficient (Wildman–Crippen LogP) is 0.0532. The number of hydrogen-bond donors (Lipinski definition) is 4. The van der Waals surface area contributed by atoms with E-state index in [2.05, 4.69) is 21.3 Å². The fraction of sp³-hybridized carbons (Fsp3) is 0.786. The van der Waals surface area contributed by atoms with Crippen LogP contribution in [0.15, 0.2) is 0 Å². The summed E-state index contributed by atoms with van der Waals surface area (Å²) < 4.78 is 0. The van der Waals surface area contributed by atoms with Gasteiger partial charge in [-0.3, -0.25) is 28.8 Å². The number of hydrogen-bond acceptors (Lipinski definition) is 6. The first-order chi connectivity index (χ1) is 18.8. The highest BCUT2D eigenvalue weighted by Crippen LogP contribution is 2.21. The summed E-state index contributed by atoms with van der Waals surface area (Å²) in [7, 11) is 0. The Hall–Kier alpha value is -3.18. The maximum absolute atomic E-state index is 13.4. The van der Waals surface area contributed by atoms with Crippen molar-refractivity contribution in [2.24, 2.45) is 11.8 Å². The molecular weight excluding hydrogens is 516 g/mol. The van der Waals surface area contributed by atoms with Crippen molar-refractivity contribution in [3.63, 3.8) is 0 Å². The molecule has 3 saturated heterocycles. The number of carbonyl (C=O) groups is 6. The lowest BCUT2D eigenvalue weighted by Gasteiger charge is -2.32. The van der Waals surface area contributed by atoms with E-state index in [1.54, 1.807) is 13.8 Å². The summed E-state index contributed by atoms with van der Waals surface area (Å²) in [6, 6.07) is -5.19. The van der Waals surface area contributed by atoms with Gasteiger partial charge in [-0.25, -0.2) is 0 Å². The van der Waals surface area contributed by atoms with Crippen molar-refractivity contribution < 1.29 is 28.8 Å². The zero-order valence-electron chi connectivity index (χ0n) is 24.6. The minimum absolute atomic E-state index is 0.0712. The number of carbonyl (C=O) groups excluding carboxylic acids is 6. The van der Waals surface area contributed by atoms with Crippen molar-refractivity contribution in [3.8, 4) is 0 Å². The van der Waals surface area contributed by atoms with E-state index in [0.29, 0.717) is 51.6 Å². The zero-order chi connectivity index (χ0) is 29.7. The van der Waals surface area contributed by atoms with E-state index in [4.69, 9.17) is 0 Å². The first kappa shape index (κ1) is 31.3. The van der Waals surface area contributed by atoms with Gasteiger partial charge >= 0.3 is 0 Å². The Balaban J connectivity index is 1.95. The van der Waals surface area contributed by atoms with Gasteiger partial charge in [-0.05, 0) is 64.2 Å². The van der Waals surface area contributed by atoms with E-state index in [9.17, 15) is 28.8 Å². The van der Waals surface area contributed by atoms with Crippen LogP contribution in [0, 0.1) is 11.8 Å². The fourth-order valence-corrected chi connectivity index (χ4v) is 5.80. The third-order valence-electron chi connectivity index (χ3n) is 7.82. The number of fused-ring (bicyclic) bond motifs is 2. The molecule has 40 heavy (non-hydrogen) atoms. The van der Waals surface area contributed by atoms with Gasteiger partial charge in [-0.2, -0.15) is 0 Å². The van der Waals surface area contributed by atoms with Crippen LogP contribution in [0.3, 0.4) is 0 Å². The van der Waals surface area contributed by atoms with E-state index in [1.165, 1.54) is 9.80 Å². The molecule has 3 fully saturated rings. The molecule has 0 aromatic heterocycles. The molecule has 3 rings (SSSR count). The normalized spacial score (nSPS) is 31.3. The van der Waals surface area contributed by atoms with Crippen LogP contribution in [-0.2, 0) is 28.8 Å². The number of rotatable bonds is 4. The SMILES string of the molecule is CC(C)C[C@@H]1NC(=O)[C@@H]2CCCN2C(=O)C(C)NC(=O)[C@H](CC(C)C)NC(=O)[C@@H]2CCCN2C(=O)C(C)NC1=O. The molecule has 12 heteroatoms. The topological polar surface area (TPSA) is 157 Å². The van der Waals surface area contributed by atoms with Gasteiger partial charge in [0, 0.05) is 13.1 Å². The molecule has 0 saturated carbocycles. The van der Waals surface area contributed by atoms with Crippen LogP contribution in [-0.4, -0.2) is 94.6 Å². The molecule has 3 aliphatic rings. The molecule has 224 valence electrons. The Bertz CT molecular complexity index is 922. The highest BCUT2D eigenvalue weighted by Gasteiger charge is 2.41. The minimum atomic E-state index is -0.925. The first-order valence-corrected chi connectivity index (χ1v) is 14.6. The molecule has 0 radical (unpaired) electrons. The summed E-state index contributed by atoms with van der Waals surface area (Å²) in [6.07, 6.45) is 2.78. The number of nitrogens with zero attached hydrogens (tertiary/aromatic N) is 2. The van der Waals surface area contributed by atoms with Crippen LogP contribution in [0.1, 0.15) is 80.1 Å². The van der Waals surface area contributed by atoms with Crippen LogP contribution in [0.2, 0.25) is 0 Å². The lowest BCUT2D eigenvalue weighted by atomic mass is 10.0. The Kier molecular flexibility index (Phi) is 10.5. The number of amides is 6. The molecule has 0 bridgehead atoms. The summed E-state index contributed by atoms with van der Waals surface area (Å²) >= 11 is 0. The second-order valence-electron chi connectivity index (χ2n) is 12.2. The summed E-state index contributed by atoms with van der Waals surface area (Å²) in [5.74, 6) is -2.50. The number of nitrogens with one attached hydrogen (secondary N) is 4. The van der Waals surface area contributed by atoms with Crippen molar-refractivity contribution in [2.45, 2.75) is 116 Å². The third-order valence-corrected chi connectivity index (χ3v) is 7.82. The highest BCUT2D eigenvalue weighted by molar-refractivity contribution is 5.98. The summed E-state index contributed by atoms with van der Waals surface area (Å²) in [4.78, 5) is 82.9. The van der Waals surface area contributed by atoms with E-state index >= 15 is 0 Å². The maximum atomic E-state index is 13.4. The zero-order valence-corrected chi connectivity index (χ0v) is 24.6. The van der Waals surface area contributed by atoms with Gasteiger partial charge in [0.05, 0.1) is 0 Å². The van der Waals surface area contributed by atoms with Crippen LogP contribution < -0.4 is 21.3 Å². The second kappa shape index (κ2) is 13.5. The molecule has 3 heterocycles. The average Bonchev–Trinajstić information content (AvgIpc) is 3.56. The van der Waals surface area contributed by atoms with Crippen molar-refractivity contribution in [2.75, 3.05) is 13.1 Å². The molecular formula is C28H46N6O6. The molecule has 4 N–H and O–H groups in total. The van der Waals surface area contributed by atoms with E-state index < -0.39 is 71.7 Å². The van der Waals surface area contributed by atoms with Crippen molar-refractivity contribution in [3.05, 3.63) is 0 Å². The van der Waals surface area contributed by atoms with E-state index in [0.717, 1.165) is 0 Å². The van der Waals surface area contributed by atoms with Crippen molar-refractivity contribution in [1.29, 1.82) is 0 Å². The van der Waals surface area contributed by atoms with Gasteiger partial charge in [0.25, 0.3) is 0 Å². The fourth-order valence-electron chi connectivity index (χ4n) is 5.80. The molecule has 0 aromatic carbocycles. The predicted molar refractivity (Wildman–Crippen MR) is 147 cm³/mol. The first-order valence-electron chi connectivity index (χ1n) is 14.6. The summed E-state index contributed by atoms with van der Waals surface area (Å²) in [5, 5.41) is 11.1. The Morgan fingerprint density at radius 1 is 0.600 bits per heavy atom. The van der Waals surface area contributed by atoms with Gasteiger partial charge in [0.1, 0.15) is 36.3 Å². The van der Waals surface area contributed by atoms with Crippen LogP contribution >= 0.6 is 0 Å². The van der Waals surface area contributed by atoms with Crippen molar-refractivity contribution in [1.82, 2.24) is 31.1 Å². The highest BCUT2D eigenvalue weighted by atomic mass is 16.2. The Morgan fingerprint density at radius 3 is 1.27 bits per heavy atom. The molecule has 2 unspecified atom stereocenters. The molecule has 6 amide bonds. The standard InChI is InChI=1S/C28H46N6O6/c1-15(2)13-19-23(35)29-17(5)27(39)34-12-8-10-22(34)26(38)32-20(14-16(3)4)24(36)30-18(6)28(40)33-11-7-9-21(33)25(37)31-19/h15-22H,7-14H2,1-6H3,(H,29,35)(H,30,36)(H,31,37)(H,32,38)/t17?,18?,19-,20-,21-,22-/m0/s1. The Labute approximate surface area is 236 Å². The van der Waals surface area contributed by atoms with E-state index in [1.807, 2.05) is 27.7 Å². The lowest BCUT2D eigenvalue weighted by Crippen LogP contribution is -2.60. The van der Waals surface area contributed by atoms with Gasteiger partial charge in [-0.15, -0.1) is 0 Å². The second-order valence-corrected chi connectivity index (χ2v) is 12.2. The van der Waals surface area contributed by atoms with Crippen LogP contribution in [0.5, 0.6) is 0 Å². The molecule has 6 atom stereocenters. The lowest BCUT2D eigenvalue weighted by molar-refractivity contribution is -0.144. The third kappa shape index (κ3) is 7.51.